The Kier molecular flexibility index (Phi) is 6.46. The fourth-order valence-corrected chi connectivity index (χ4v) is 1.44. The molecule has 0 fully saturated rings. The third-order valence-electron chi connectivity index (χ3n) is 2.21. The van der Waals surface area contributed by atoms with Crippen LogP contribution in [0.3, 0.4) is 0 Å². The SMILES string of the molecule is CCCc1nc(NN)cc(NCCOCC(F)(F)F)n1. The molecule has 0 saturated heterocycles. The second-order valence-corrected chi connectivity index (χ2v) is 4.04. The number of nitrogens with zero attached hydrogens (tertiary/aromatic N) is 2. The molecule has 0 aromatic carbocycles. The summed E-state index contributed by atoms with van der Waals surface area (Å²) in [5, 5.41) is 2.87. The zero-order valence-corrected chi connectivity index (χ0v) is 11.1. The fourth-order valence-electron chi connectivity index (χ4n) is 1.44. The molecule has 6 nitrogen and oxygen atoms in total. The highest BCUT2D eigenvalue weighted by atomic mass is 19.4. The monoisotopic (exact) mass is 293 g/mol. The number of halogens is 3. The summed E-state index contributed by atoms with van der Waals surface area (Å²) in [5.74, 6) is 6.84. The Morgan fingerprint density at radius 1 is 1.30 bits per heavy atom. The highest BCUT2D eigenvalue weighted by Crippen LogP contribution is 2.14. The molecule has 1 rings (SSSR count). The van der Waals surface area contributed by atoms with Crippen molar-refractivity contribution in [3.63, 3.8) is 0 Å². The summed E-state index contributed by atoms with van der Waals surface area (Å²) < 4.78 is 40.0. The Bertz CT molecular complexity index is 414. The average Bonchev–Trinajstić information content (AvgIpc) is 2.37. The molecule has 1 heterocycles. The van der Waals surface area contributed by atoms with Gasteiger partial charge in [-0.3, -0.25) is 0 Å². The fraction of sp³-hybridized carbons (Fsp3) is 0.636. The molecular weight excluding hydrogens is 275 g/mol. The molecule has 20 heavy (non-hydrogen) atoms. The third kappa shape index (κ3) is 6.53. The van der Waals surface area contributed by atoms with Gasteiger partial charge in [0, 0.05) is 19.0 Å². The summed E-state index contributed by atoms with van der Waals surface area (Å²) in [6.07, 6.45) is -2.74. The van der Waals surface area contributed by atoms with Gasteiger partial charge in [-0.05, 0) is 6.42 Å². The lowest BCUT2D eigenvalue weighted by atomic mass is 10.3. The predicted octanol–water partition coefficient (Wildman–Crippen LogP) is 1.71. The van der Waals surface area contributed by atoms with E-state index in [1.807, 2.05) is 6.92 Å². The van der Waals surface area contributed by atoms with Crippen molar-refractivity contribution < 1.29 is 17.9 Å². The lowest BCUT2D eigenvalue weighted by Crippen LogP contribution is -2.20. The van der Waals surface area contributed by atoms with Crippen molar-refractivity contribution >= 4 is 11.6 Å². The van der Waals surface area contributed by atoms with Crippen molar-refractivity contribution in [1.82, 2.24) is 9.97 Å². The smallest absolute Gasteiger partial charge is 0.370 e. The van der Waals surface area contributed by atoms with E-state index in [1.54, 1.807) is 6.07 Å². The molecule has 0 radical (unpaired) electrons. The van der Waals surface area contributed by atoms with Crippen LogP contribution >= 0.6 is 0 Å². The second kappa shape index (κ2) is 7.85. The molecule has 1 aromatic rings. The topological polar surface area (TPSA) is 85.1 Å². The largest absolute Gasteiger partial charge is 0.411 e. The zero-order chi connectivity index (χ0) is 15.0. The number of hydrogen-bond acceptors (Lipinski definition) is 6. The summed E-state index contributed by atoms with van der Waals surface area (Å²) >= 11 is 0. The van der Waals surface area contributed by atoms with Crippen molar-refractivity contribution in [1.29, 1.82) is 0 Å². The van der Waals surface area contributed by atoms with Crippen LogP contribution < -0.4 is 16.6 Å². The molecule has 0 aliphatic carbocycles. The maximum atomic E-state index is 11.9. The summed E-state index contributed by atoms with van der Waals surface area (Å²) in [4.78, 5) is 8.37. The molecule has 0 atom stereocenters. The lowest BCUT2D eigenvalue weighted by molar-refractivity contribution is -0.172. The van der Waals surface area contributed by atoms with Gasteiger partial charge in [-0.1, -0.05) is 6.92 Å². The number of nitrogens with two attached hydrogens (primary N) is 1. The molecular formula is C11H18F3N5O. The maximum absolute atomic E-state index is 11.9. The Hall–Kier alpha value is -1.61. The summed E-state index contributed by atoms with van der Waals surface area (Å²) in [5.41, 5.74) is 2.42. The van der Waals surface area contributed by atoms with E-state index >= 15 is 0 Å². The van der Waals surface area contributed by atoms with Gasteiger partial charge in [-0.25, -0.2) is 15.8 Å². The van der Waals surface area contributed by atoms with E-state index in [-0.39, 0.29) is 13.2 Å². The van der Waals surface area contributed by atoms with E-state index in [4.69, 9.17) is 5.84 Å². The Labute approximate surface area is 114 Å². The predicted molar refractivity (Wildman–Crippen MR) is 69.2 cm³/mol. The number of aromatic nitrogens is 2. The van der Waals surface area contributed by atoms with Crippen molar-refractivity contribution in [2.45, 2.75) is 25.9 Å². The minimum absolute atomic E-state index is 0.0714. The van der Waals surface area contributed by atoms with E-state index in [1.165, 1.54) is 0 Å². The first-order valence-corrected chi connectivity index (χ1v) is 6.17. The van der Waals surface area contributed by atoms with E-state index < -0.39 is 12.8 Å². The van der Waals surface area contributed by atoms with Crippen molar-refractivity contribution in [2.75, 3.05) is 30.5 Å². The molecule has 4 N–H and O–H groups in total. The minimum atomic E-state index is -4.31. The summed E-state index contributed by atoms with van der Waals surface area (Å²) in [6, 6.07) is 1.57. The van der Waals surface area contributed by atoms with Gasteiger partial charge in [-0.2, -0.15) is 13.2 Å². The second-order valence-electron chi connectivity index (χ2n) is 4.04. The average molecular weight is 293 g/mol. The van der Waals surface area contributed by atoms with E-state index in [0.29, 0.717) is 23.9 Å². The number of hydrogen-bond donors (Lipinski definition) is 3. The van der Waals surface area contributed by atoms with E-state index in [2.05, 4.69) is 25.4 Å². The van der Waals surface area contributed by atoms with Crippen LogP contribution in [0.5, 0.6) is 0 Å². The van der Waals surface area contributed by atoms with Crippen molar-refractivity contribution in [2.24, 2.45) is 5.84 Å². The number of anilines is 2. The number of ether oxygens (including phenoxy) is 1. The van der Waals surface area contributed by atoms with Crippen LogP contribution in [0, 0.1) is 0 Å². The number of rotatable bonds is 8. The Morgan fingerprint density at radius 3 is 2.60 bits per heavy atom. The number of nitrogens with one attached hydrogen (secondary N) is 2. The first-order valence-electron chi connectivity index (χ1n) is 6.17. The quantitative estimate of drug-likeness (QED) is 0.384. The van der Waals surface area contributed by atoms with Gasteiger partial charge in [0.2, 0.25) is 0 Å². The van der Waals surface area contributed by atoms with Crippen LogP contribution in [-0.4, -0.2) is 35.9 Å². The van der Waals surface area contributed by atoms with Crippen LogP contribution in [0.1, 0.15) is 19.2 Å². The van der Waals surface area contributed by atoms with Crippen molar-refractivity contribution in [3.05, 3.63) is 11.9 Å². The summed E-state index contributed by atoms with van der Waals surface area (Å²) in [6.45, 7) is 0.875. The Balaban J connectivity index is 2.44. The third-order valence-corrected chi connectivity index (χ3v) is 2.21. The van der Waals surface area contributed by atoms with Crippen LogP contribution in [-0.2, 0) is 11.2 Å². The number of hydrazine groups is 1. The van der Waals surface area contributed by atoms with E-state index in [0.717, 1.165) is 6.42 Å². The molecule has 0 aliphatic heterocycles. The van der Waals surface area contributed by atoms with Gasteiger partial charge in [0.15, 0.2) is 0 Å². The molecule has 0 amide bonds. The van der Waals surface area contributed by atoms with Gasteiger partial charge < -0.3 is 15.5 Å². The highest BCUT2D eigenvalue weighted by molar-refractivity contribution is 5.46. The molecule has 114 valence electrons. The van der Waals surface area contributed by atoms with Crippen LogP contribution in [0.4, 0.5) is 24.8 Å². The molecule has 0 saturated carbocycles. The standard InChI is InChI=1S/C11H18F3N5O/c1-2-3-8-17-9(6-10(18-8)19-15)16-4-5-20-7-11(12,13)14/h6H,2-5,7,15H2,1H3,(H2,16,17,18,19). The van der Waals surface area contributed by atoms with Crippen LogP contribution in [0.2, 0.25) is 0 Å². The zero-order valence-electron chi connectivity index (χ0n) is 11.1. The molecule has 0 bridgehead atoms. The van der Waals surface area contributed by atoms with Crippen molar-refractivity contribution in [3.8, 4) is 0 Å². The van der Waals surface area contributed by atoms with Gasteiger partial charge in [0.05, 0.1) is 6.61 Å². The minimum Gasteiger partial charge on any atom is -0.370 e. The Morgan fingerprint density at radius 2 is 2.00 bits per heavy atom. The van der Waals surface area contributed by atoms with E-state index in [9.17, 15) is 13.2 Å². The highest BCUT2D eigenvalue weighted by Gasteiger charge is 2.27. The molecule has 0 unspecified atom stereocenters. The number of alkyl halides is 3. The lowest BCUT2D eigenvalue weighted by Gasteiger charge is -2.10. The van der Waals surface area contributed by atoms with Crippen LogP contribution in [0.25, 0.3) is 0 Å². The number of aryl methyl sites for hydroxylation is 1. The van der Waals surface area contributed by atoms with Gasteiger partial charge in [-0.15, -0.1) is 0 Å². The maximum Gasteiger partial charge on any atom is 0.411 e. The first kappa shape index (κ1) is 16.4. The molecule has 0 spiro atoms. The number of nitrogen functional groups attached to an aromatic ring is 1. The normalized spacial score (nSPS) is 11.4. The van der Waals surface area contributed by atoms with Gasteiger partial charge in [0.25, 0.3) is 0 Å². The molecule has 0 aliphatic rings. The molecule has 1 aromatic heterocycles. The van der Waals surface area contributed by atoms with Gasteiger partial charge >= 0.3 is 6.18 Å². The summed E-state index contributed by atoms with van der Waals surface area (Å²) in [7, 11) is 0. The first-order chi connectivity index (χ1) is 9.44. The van der Waals surface area contributed by atoms with Gasteiger partial charge in [0.1, 0.15) is 24.1 Å². The van der Waals surface area contributed by atoms with Crippen LogP contribution in [0.15, 0.2) is 6.07 Å². The molecule has 9 heteroatoms.